The van der Waals surface area contributed by atoms with Gasteiger partial charge in [0.05, 0.1) is 0 Å². The monoisotopic (exact) mass is 115 g/mol. The summed E-state index contributed by atoms with van der Waals surface area (Å²) in [6.45, 7) is 4.65. The van der Waals surface area contributed by atoms with Crippen LogP contribution >= 0.6 is 0 Å². The molecule has 0 saturated carbocycles. The van der Waals surface area contributed by atoms with Crippen LogP contribution in [0, 0.1) is 0 Å². The molecule has 0 unspecified atom stereocenters. The minimum absolute atomic E-state index is 0.215. The predicted octanol–water partition coefficient (Wildman–Crippen LogP) is 0.875. The molecule has 0 aliphatic heterocycles. The Labute approximate surface area is 50.5 Å². The largest absolute Gasteiger partial charge is 0.346 e. The van der Waals surface area contributed by atoms with Crippen molar-refractivity contribution in [3.63, 3.8) is 0 Å². The van der Waals surface area contributed by atoms with Crippen molar-refractivity contribution in [3.8, 4) is 0 Å². The van der Waals surface area contributed by atoms with Gasteiger partial charge in [-0.25, -0.2) is 0 Å². The molecule has 48 valence electrons. The van der Waals surface area contributed by atoms with E-state index in [0.29, 0.717) is 6.42 Å². The molecule has 2 heteroatoms. The van der Waals surface area contributed by atoms with Crippen LogP contribution in [0.25, 0.3) is 0 Å². The Morgan fingerprint density at radius 1 is 1.50 bits per heavy atom. The number of hydrogen-bond acceptors (Lipinski definition) is 1. The smallest absolute Gasteiger partial charge is 0.222 e. The van der Waals surface area contributed by atoms with Gasteiger partial charge in [-0.05, 0) is 6.92 Å². The van der Waals surface area contributed by atoms with Crippen molar-refractivity contribution >= 4 is 5.91 Å². The molecule has 0 bridgehead atoms. The van der Waals surface area contributed by atoms with Gasteiger partial charge in [0.15, 0.2) is 0 Å². The van der Waals surface area contributed by atoms with E-state index in [9.17, 15) is 4.79 Å². The molecule has 0 rings (SSSR count). The summed E-state index contributed by atoms with van der Waals surface area (Å²) in [5, 5.41) is 0. The fourth-order valence-corrected chi connectivity index (χ4v) is 0.446. The lowest BCUT2D eigenvalue weighted by molar-refractivity contribution is -0.129. The topological polar surface area (TPSA) is 20.3 Å². The van der Waals surface area contributed by atoms with Crippen LogP contribution < -0.4 is 0 Å². The number of amides is 1. The van der Waals surface area contributed by atoms with E-state index in [0.717, 1.165) is 6.54 Å². The van der Waals surface area contributed by atoms with Crippen molar-refractivity contribution in [2.75, 3.05) is 13.6 Å². The summed E-state index contributed by atoms with van der Waals surface area (Å²) in [6.07, 6.45) is 0.615. The number of rotatable bonds is 2. The van der Waals surface area contributed by atoms with Gasteiger partial charge in [0, 0.05) is 20.0 Å². The highest BCUT2D eigenvalue weighted by molar-refractivity contribution is 5.75. The third-order valence-corrected chi connectivity index (χ3v) is 1.20. The van der Waals surface area contributed by atoms with Crippen LogP contribution in [0.4, 0.5) is 0 Å². The third kappa shape index (κ3) is 1.96. The Morgan fingerprint density at radius 2 is 2.00 bits per heavy atom. The zero-order valence-electron chi connectivity index (χ0n) is 5.77. The van der Waals surface area contributed by atoms with Crippen LogP contribution in [0.2, 0.25) is 0 Å². The maximum absolute atomic E-state index is 10.7. The molecule has 0 spiro atoms. The van der Waals surface area contributed by atoms with Crippen molar-refractivity contribution in [2.24, 2.45) is 0 Å². The third-order valence-electron chi connectivity index (χ3n) is 1.20. The summed E-state index contributed by atoms with van der Waals surface area (Å²) < 4.78 is 0. The second kappa shape index (κ2) is 3.47. The average Bonchev–Trinajstić information content (AvgIpc) is 1.84. The first-order valence-electron chi connectivity index (χ1n) is 2.96. The van der Waals surface area contributed by atoms with Crippen LogP contribution in [0.1, 0.15) is 20.3 Å². The maximum Gasteiger partial charge on any atom is 0.222 e. The predicted molar refractivity (Wildman–Crippen MR) is 33.6 cm³/mol. The van der Waals surface area contributed by atoms with Crippen molar-refractivity contribution < 1.29 is 4.79 Å². The molecule has 0 aromatic carbocycles. The Hall–Kier alpha value is -0.530. The Balaban J connectivity index is 3.46. The molecule has 2 nitrogen and oxygen atoms in total. The van der Waals surface area contributed by atoms with Crippen molar-refractivity contribution in [2.45, 2.75) is 20.3 Å². The first kappa shape index (κ1) is 7.47. The van der Waals surface area contributed by atoms with E-state index in [1.54, 1.807) is 4.90 Å². The molecule has 0 aliphatic carbocycles. The molecule has 0 radical (unpaired) electrons. The highest BCUT2D eigenvalue weighted by Gasteiger charge is 1.99. The summed E-state index contributed by atoms with van der Waals surface area (Å²) in [5.41, 5.74) is 0. The Kier molecular flexibility index (Phi) is 3.24. The van der Waals surface area contributed by atoms with Crippen molar-refractivity contribution in [1.29, 1.82) is 0 Å². The van der Waals surface area contributed by atoms with Gasteiger partial charge in [-0.1, -0.05) is 6.92 Å². The molecule has 1 amide bonds. The minimum atomic E-state index is 0.215. The molecule has 0 atom stereocenters. The molecular formula is C6H13NO. The first-order valence-corrected chi connectivity index (χ1v) is 2.96. The highest BCUT2D eigenvalue weighted by Crippen LogP contribution is 1.86. The van der Waals surface area contributed by atoms with Crippen LogP contribution in [0.15, 0.2) is 0 Å². The highest BCUT2D eigenvalue weighted by atomic mass is 16.2. The van der Waals surface area contributed by atoms with Crippen LogP contribution in [-0.4, -0.2) is 24.4 Å². The summed E-state index contributed by atoms with van der Waals surface area (Å²) in [7, 11) is 1.81. The number of carbonyl (C=O) groups excluding carboxylic acids is 1. The zero-order chi connectivity index (χ0) is 6.57. The maximum atomic E-state index is 10.7. The fourth-order valence-electron chi connectivity index (χ4n) is 0.446. The van der Waals surface area contributed by atoms with Gasteiger partial charge in [0.1, 0.15) is 0 Å². The van der Waals surface area contributed by atoms with Crippen LogP contribution in [0.3, 0.4) is 0 Å². The van der Waals surface area contributed by atoms with Gasteiger partial charge in [0.25, 0.3) is 0 Å². The lowest BCUT2D eigenvalue weighted by atomic mass is 10.4. The normalized spacial score (nSPS) is 8.88. The average molecular weight is 115 g/mol. The summed E-state index contributed by atoms with van der Waals surface area (Å²) >= 11 is 0. The lowest BCUT2D eigenvalue weighted by Gasteiger charge is -2.11. The van der Waals surface area contributed by atoms with Gasteiger partial charge < -0.3 is 4.90 Å². The number of hydrogen-bond donors (Lipinski definition) is 0. The quantitative estimate of drug-likeness (QED) is 0.523. The van der Waals surface area contributed by atoms with E-state index in [-0.39, 0.29) is 5.91 Å². The zero-order valence-corrected chi connectivity index (χ0v) is 5.77. The van der Waals surface area contributed by atoms with E-state index in [4.69, 9.17) is 0 Å². The molecule has 0 saturated heterocycles. The molecule has 0 aromatic heterocycles. The van der Waals surface area contributed by atoms with Gasteiger partial charge in [-0.2, -0.15) is 0 Å². The summed E-state index contributed by atoms with van der Waals surface area (Å²) in [4.78, 5) is 12.4. The van der Waals surface area contributed by atoms with Crippen molar-refractivity contribution in [3.05, 3.63) is 0 Å². The van der Waals surface area contributed by atoms with E-state index < -0.39 is 0 Å². The standard InChI is InChI=1S/C6H13NO/c1-4-6(8)7(3)5-2/h4-5H2,1-3H3. The Bertz CT molecular complexity index is 80.6. The van der Waals surface area contributed by atoms with Gasteiger partial charge in [-0.3, -0.25) is 4.79 Å². The van der Waals surface area contributed by atoms with E-state index in [2.05, 4.69) is 0 Å². The van der Waals surface area contributed by atoms with E-state index >= 15 is 0 Å². The van der Waals surface area contributed by atoms with Gasteiger partial charge in [-0.15, -0.1) is 0 Å². The van der Waals surface area contributed by atoms with E-state index in [1.807, 2.05) is 20.9 Å². The van der Waals surface area contributed by atoms with Crippen LogP contribution in [0.5, 0.6) is 0 Å². The van der Waals surface area contributed by atoms with Crippen molar-refractivity contribution in [1.82, 2.24) is 4.90 Å². The molecule has 0 aliphatic rings. The fraction of sp³-hybridized carbons (Fsp3) is 0.833. The lowest BCUT2D eigenvalue weighted by Crippen LogP contribution is -2.24. The minimum Gasteiger partial charge on any atom is -0.346 e. The number of carbonyl (C=O) groups is 1. The second-order valence-corrected chi connectivity index (χ2v) is 1.76. The molecular weight excluding hydrogens is 102 g/mol. The second-order valence-electron chi connectivity index (χ2n) is 1.76. The van der Waals surface area contributed by atoms with E-state index in [1.165, 1.54) is 0 Å². The molecule has 0 aromatic rings. The molecule has 8 heavy (non-hydrogen) atoms. The van der Waals surface area contributed by atoms with Crippen LogP contribution in [-0.2, 0) is 4.79 Å². The molecule has 0 N–H and O–H groups in total. The molecule has 0 fully saturated rings. The van der Waals surface area contributed by atoms with Gasteiger partial charge >= 0.3 is 0 Å². The summed E-state index contributed by atoms with van der Waals surface area (Å²) in [5.74, 6) is 0.215. The number of nitrogens with zero attached hydrogens (tertiary/aromatic N) is 1. The summed E-state index contributed by atoms with van der Waals surface area (Å²) in [6, 6.07) is 0. The molecule has 0 heterocycles. The Morgan fingerprint density at radius 3 is 2.12 bits per heavy atom. The van der Waals surface area contributed by atoms with Gasteiger partial charge in [0.2, 0.25) is 5.91 Å². The first-order chi connectivity index (χ1) is 3.72. The SMILES string of the molecule is CCC(=O)N(C)CC.